The first kappa shape index (κ1) is 11.7. The number of carbonyl (C=O) groups excluding carboxylic acids is 1. The fourth-order valence-electron chi connectivity index (χ4n) is 1.32. The van der Waals surface area contributed by atoms with Gasteiger partial charge in [-0.15, -0.1) is 5.10 Å². The Morgan fingerprint density at radius 2 is 2.20 bits per heavy atom. The lowest BCUT2D eigenvalue weighted by molar-refractivity contribution is -0.117. The Morgan fingerprint density at radius 3 is 2.73 bits per heavy atom. The van der Waals surface area contributed by atoms with Gasteiger partial charge >= 0.3 is 0 Å². The summed E-state index contributed by atoms with van der Waals surface area (Å²) in [6.45, 7) is 7.08. The summed E-state index contributed by atoms with van der Waals surface area (Å²) >= 11 is 0. The number of hydrogen-bond donors (Lipinski definition) is 1. The molecule has 0 atom stereocenters. The van der Waals surface area contributed by atoms with E-state index in [1.54, 1.807) is 0 Å². The van der Waals surface area contributed by atoms with Crippen molar-refractivity contribution in [3.8, 4) is 0 Å². The van der Waals surface area contributed by atoms with Crippen molar-refractivity contribution in [1.29, 1.82) is 0 Å². The number of amides is 1. The number of hydrogen-bond acceptors (Lipinski definition) is 3. The zero-order valence-corrected chi connectivity index (χ0v) is 9.53. The van der Waals surface area contributed by atoms with Crippen molar-refractivity contribution in [3.63, 3.8) is 0 Å². The summed E-state index contributed by atoms with van der Waals surface area (Å²) in [5.74, 6) is 0.266. The predicted octanol–water partition coefficient (Wildman–Crippen LogP) is 0.660. The zero-order valence-electron chi connectivity index (χ0n) is 9.53. The van der Waals surface area contributed by atoms with Gasteiger partial charge in [0, 0.05) is 6.54 Å². The van der Waals surface area contributed by atoms with E-state index in [2.05, 4.69) is 24.2 Å². The maximum Gasteiger partial charge on any atom is 0.223 e. The maximum absolute atomic E-state index is 10.7. The molecule has 0 bridgehead atoms. The van der Waals surface area contributed by atoms with Gasteiger partial charge in [-0.2, -0.15) is 0 Å². The van der Waals surface area contributed by atoms with E-state index in [0.717, 1.165) is 18.7 Å². The Morgan fingerprint density at radius 1 is 1.53 bits per heavy atom. The standard InChI is InChI=1S/C10H18N4O/c1-7(2)4-5-14-8(3)9(12-13-14)6-10(11)15/h7H,4-6H2,1-3H3,(H2,11,15). The van der Waals surface area contributed by atoms with Crippen molar-refractivity contribution >= 4 is 5.91 Å². The molecular formula is C10H18N4O. The van der Waals surface area contributed by atoms with Crippen LogP contribution in [-0.2, 0) is 17.8 Å². The van der Waals surface area contributed by atoms with Crippen molar-refractivity contribution in [2.75, 3.05) is 0 Å². The number of nitrogens with two attached hydrogens (primary N) is 1. The molecule has 0 aliphatic rings. The first-order valence-electron chi connectivity index (χ1n) is 5.18. The van der Waals surface area contributed by atoms with E-state index < -0.39 is 0 Å². The normalized spacial score (nSPS) is 10.9. The van der Waals surface area contributed by atoms with Crippen LogP contribution in [0.2, 0.25) is 0 Å². The molecule has 5 heteroatoms. The second-order valence-electron chi connectivity index (χ2n) is 4.17. The van der Waals surface area contributed by atoms with Gasteiger partial charge in [0.25, 0.3) is 0 Å². The molecular weight excluding hydrogens is 192 g/mol. The minimum absolute atomic E-state index is 0.174. The minimum atomic E-state index is -0.367. The first-order chi connectivity index (χ1) is 7.00. The molecule has 1 amide bonds. The molecule has 84 valence electrons. The molecule has 5 nitrogen and oxygen atoms in total. The van der Waals surface area contributed by atoms with E-state index >= 15 is 0 Å². The van der Waals surface area contributed by atoms with Crippen LogP contribution in [0.1, 0.15) is 31.7 Å². The molecule has 0 unspecified atom stereocenters. The predicted molar refractivity (Wildman–Crippen MR) is 57.1 cm³/mol. The lowest BCUT2D eigenvalue weighted by Gasteiger charge is -2.05. The maximum atomic E-state index is 10.7. The molecule has 1 heterocycles. The Bertz CT molecular complexity index is 343. The van der Waals surface area contributed by atoms with E-state index in [4.69, 9.17) is 5.73 Å². The van der Waals surface area contributed by atoms with Crippen molar-refractivity contribution in [3.05, 3.63) is 11.4 Å². The number of aryl methyl sites for hydroxylation is 1. The van der Waals surface area contributed by atoms with Crippen LogP contribution >= 0.6 is 0 Å². The smallest absolute Gasteiger partial charge is 0.223 e. The second-order valence-corrected chi connectivity index (χ2v) is 4.17. The van der Waals surface area contributed by atoms with Gasteiger partial charge in [-0.25, -0.2) is 4.68 Å². The Balaban J connectivity index is 2.66. The molecule has 0 aliphatic heterocycles. The van der Waals surface area contributed by atoms with Gasteiger partial charge in [-0.3, -0.25) is 4.79 Å². The van der Waals surface area contributed by atoms with E-state index in [0.29, 0.717) is 11.6 Å². The third kappa shape index (κ3) is 3.34. The Labute approximate surface area is 89.6 Å². The summed E-state index contributed by atoms with van der Waals surface area (Å²) in [6.07, 6.45) is 1.23. The topological polar surface area (TPSA) is 73.8 Å². The van der Waals surface area contributed by atoms with Crippen molar-refractivity contribution in [2.24, 2.45) is 11.7 Å². The number of nitrogens with zero attached hydrogens (tertiary/aromatic N) is 3. The van der Waals surface area contributed by atoms with Crippen molar-refractivity contribution in [1.82, 2.24) is 15.0 Å². The molecule has 0 saturated carbocycles. The molecule has 0 spiro atoms. The SMILES string of the molecule is Cc1c(CC(N)=O)nnn1CCC(C)C. The minimum Gasteiger partial charge on any atom is -0.369 e. The summed E-state index contributed by atoms with van der Waals surface area (Å²) in [5, 5.41) is 7.95. The van der Waals surface area contributed by atoms with Crippen LogP contribution in [0.15, 0.2) is 0 Å². The number of primary amides is 1. The molecule has 15 heavy (non-hydrogen) atoms. The second kappa shape index (κ2) is 4.91. The van der Waals surface area contributed by atoms with Crippen LogP contribution in [0.25, 0.3) is 0 Å². The van der Waals surface area contributed by atoms with Crippen LogP contribution in [0.4, 0.5) is 0 Å². The highest BCUT2D eigenvalue weighted by Crippen LogP contribution is 2.07. The largest absolute Gasteiger partial charge is 0.369 e. The molecule has 0 aromatic carbocycles. The van der Waals surface area contributed by atoms with Crippen molar-refractivity contribution < 1.29 is 4.79 Å². The molecule has 0 radical (unpaired) electrons. The molecule has 0 saturated heterocycles. The van der Waals surface area contributed by atoms with Gasteiger partial charge in [-0.05, 0) is 19.3 Å². The summed E-state index contributed by atoms with van der Waals surface area (Å²) in [4.78, 5) is 10.7. The van der Waals surface area contributed by atoms with Crippen molar-refractivity contribution in [2.45, 2.75) is 40.2 Å². The Kier molecular flexibility index (Phi) is 3.82. The highest BCUT2D eigenvalue weighted by atomic mass is 16.1. The van der Waals surface area contributed by atoms with Gasteiger partial charge in [0.2, 0.25) is 5.91 Å². The van der Waals surface area contributed by atoms with Crippen LogP contribution in [0.5, 0.6) is 0 Å². The van der Waals surface area contributed by atoms with E-state index in [-0.39, 0.29) is 12.3 Å². The highest BCUT2D eigenvalue weighted by molar-refractivity contribution is 5.76. The van der Waals surface area contributed by atoms with E-state index in [1.165, 1.54) is 0 Å². The molecule has 0 aliphatic carbocycles. The van der Waals surface area contributed by atoms with Crippen LogP contribution in [0.3, 0.4) is 0 Å². The third-order valence-electron chi connectivity index (χ3n) is 2.34. The molecule has 1 aromatic heterocycles. The lowest BCUT2D eigenvalue weighted by atomic mass is 10.1. The molecule has 1 aromatic rings. The van der Waals surface area contributed by atoms with E-state index in [1.807, 2.05) is 11.6 Å². The van der Waals surface area contributed by atoms with Gasteiger partial charge in [0.1, 0.15) is 0 Å². The van der Waals surface area contributed by atoms with Crippen LogP contribution in [-0.4, -0.2) is 20.9 Å². The van der Waals surface area contributed by atoms with E-state index in [9.17, 15) is 4.79 Å². The highest BCUT2D eigenvalue weighted by Gasteiger charge is 2.10. The van der Waals surface area contributed by atoms with Gasteiger partial charge in [-0.1, -0.05) is 19.1 Å². The molecule has 2 N–H and O–H groups in total. The quantitative estimate of drug-likeness (QED) is 0.775. The van der Waals surface area contributed by atoms with Crippen LogP contribution < -0.4 is 5.73 Å². The Hall–Kier alpha value is -1.39. The number of aromatic nitrogens is 3. The summed E-state index contributed by atoms with van der Waals surface area (Å²) in [6, 6.07) is 0. The number of rotatable bonds is 5. The fraction of sp³-hybridized carbons (Fsp3) is 0.700. The molecule has 0 fully saturated rings. The van der Waals surface area contributed by atoms with Gasteiger partial charge in [0.05, 0.1) is 17.8 Å². The van der Waals surface area contributed by atoms with Gasteiger partial charge in [0.15, 0.2) is 0 Å². The van der Waals surface area contributed by atoms with Crippen LogP contribution in [0, 0.1) is 12.8 Å². The third-order valence-corrected chi connectivity index (χ3v) is 2.34. The number of carbonyl (C=O) groups is 1. The monoisotopic (exact) mass is 210 g/mol. The lowest BCUT2D eigenvalue weighted by Crippen LogP contribution is -2.15. The summed E-state index contributed by atoms with van der Waals surface area (Å²) in [5.41, 5.74) is 6.73. The fourth-order valence-corrected chi connectivity index (χ4v) is 1.32. The summed E-state index contributed by atoms with van der Waals surface area (Å²) < 4.78 is 1.83. The zero-order chi connectivity index (χ0) is 11.4. The van der Waals surface area contributed by atoms with Gasteiger partial charge < -0.3 is 5.73 Å². The summed E-state index contributed by atoms with van der Waals surface area (Å²) in [7, 11) is 0. The average Bonchev–Trinajstić information content (AvgIpc) is 2.44. The average molecular weight is 210 g/mol. The molecule has 1 rings (SSSR count). The first-order valence-corrected chi connectivity index (χ1v) is 5.18.